The van der Waals surface area contributed by atoms with Crippen molar-refractivity contribution in [2.24, 2.45) is 28.1 Å². The second-order valence-corrected chi connectivity index (χ2v) is 20.8. The predicted molar refractivity (Wildman–Crippen MR) is 218 cm³/mol. The van der Waals surface area contributed by atoms with E-state index in [1.807, 2.05) is 6.92 Å². The quantitative estimate of drug-likeness (QED) is 0.0532. The van der Waals surface area contributed by atoms with Gasteiger partial charge in [-0.2, -0.15) is 0 Å². The minimum atomic E-state index is -1.92. The first kappa shape index (κ1) is 50.8. The average molecular weight is 951 g/mol. The van der Waals surface area contributed by atoms with Crippen molar-refractivity contribution in [3.05, 3.63) is 12.2 Å². The number of ether oxygens (including phenoxy) is 8. The topological polar surface area (TPSA) is 354 Å². The van der Waals surface area contributed by atoms with Crippen molar-refractivity contribution in [2.75, 3.05) is 19.8 Å². The van der Waals surface area contributed by atoms with Gasteiger partial charge in [0.05, 0.1) is 36.9 Å². The lowest BCUT2D eigenvalue weighted by atomic mass is 9.41. The normalized spacial score (nSPS) is 55.2. The summed E-state index contributed by atoms with van der Waals surface area (Å²) in [5.41, 5.74) is -2.19. The van der Waals surface area contributed by atoms with Crippen molar-refractivity contribution in [3.8, 4) is 0 Å². The SMILES string of the molecule is C=C1C[C@@]23CC[C@H]4[C@@](C)(CCC[C@@]4(C)C(=O)OC4OC(CO)C(O)C(O)C4O)[C@H]2CC[C@]1(OC1OC(CO)C(O)C(OC2OC(CO)C(O)C(O)C2O)C1OC1OC(C)C(O)C(O)C1O)C3. The Hall–Kier alpha value is -1.59. The van der Waals surface area contributed by atoms with Crippen LogP contribution in [0.25, 0.3) is 0 Å². The fraction of sp³-hybridized carbons (Fsp3) is 0.932. The van der Waals surface area contributed by atoms with E-state index in [9.17, 15) is 71.2 Å². The predicted octanol–water partition coefficient (Wildman–Crippen LogP) is -4.09. The van der Waals surface area contributed by atoms with E-state index in [4.69, 9.17) is 37.9 Å². The van der Waals surface area contributed by atoms with Gasteiger partial charge in [0.1, 0.15) is 91.6 Å². The van der Waals surface area contributed by atoms with E-state index >= 15 is 0 Å². The Labute approximate surface area is 381 Å². The molecule has 4 aliphatic heterocycles. The first-order chi connectivity index (χ1) is 31.1. The molecule has 8 fully saturated rings. The molecule has 22 heteroatoms. The maximum atomic E-state index is 14.3. The second kappa shape index (κ2) is 18.9. The van der Waals surface area contributed by atoms with E-state index < -0.39 is 165 Å². The molecule has 0 aromatic carbocycles. The molecule has 20 unspecified atom stereocenters. The number of aliphatic hydroxyl groups is 13. The number of carbonyl (C=O) groups excluding carboxylic acids is 1. The lowest BCUT2D eigenvalue weighted by Crippen LogP contribution is -2.67. The summed E-state index contributed by atoms with van der Waals surface area (Å²) in [6.07, 6.45) is -27.4. The molecule has 22 nitrogen and oxygen atoms in total. The van der Waals surface area contributed by atoms with Gasteiger partial charge in [-0.05, 0) is 93.5 Å². The molecule has 66 heavy (non-hydrogen) atoms. The molecular formula is C44H70O22. The van der Waals surface area contributed by atoms with Crippen LogP contribution >= 0.6 is 0 Å². The highest BCUT2D eigenvalue weighted by Gasteiger charge is 2.70. The molecule has 4 saturated heterocycles. The smallest absolute Gasteiger partial charge is 0.314 e. The third-order valence-electron chi connectivity index (χ3n) is 17.0. The molecule has 8 rings (SSSR count). The van der Waals surface area contributed by atoms with Gasteiger partial charge < -0.3 is 104 Å². The van der Waals surface area contributed by atoms with Crippen LogP contribution in [0.3, 0.4) is 0 Å². The fourth-order valence-electron chi connectivity index (χ4n) is 13.4. The summed E-state index contributed by atoms with van der Waals surface area (Å²) in [7, 11) is 0. The highest BCUT2D eigenvalue weighted by atomic mass is 16.8. The molecule has 1 spiro atoms. The summed E-state index contributed by atoms with van der Waals surface area (Å²) < 4.78 is 48.4. The van der Waals surface area contributed by atoms with Crippen molar-refractivity contribution >= 4 is 5.97 Å². The fourth-order valence-corrected chi connectivity index (χ4v) is 13.4. The Morgan fingerprint density at radius 1 is 0.606 bits per heavy atom. The van der Waals surface area contributed by atoms with Crippen LogP contribution in [0.2, 0.25) is 0 Å². The first-order valence-corrected chi connectivity index (χ1v) is 23.2. The summed E-state index contributed by atoms with van der Waals surface area (Å²) in [5, 5.41) is 137. The Bertz CT molecular complexity index is 1740. The second-order valence-electron chi connectivity index (χ2n) is 20.8. The Balaban J connectivity index is 1.06. The van der Waals surface area contributed by atoms with E-state index in [0.29, 0.717) is 51.4 Å². The molecule has 13 N–H and O–H groups in total. The zero-order chi connectivity index (χ0) is 48.0. The van der Waals surface area contributed by atoms with E-state index in [1.54, 1.807) is 0 Å². The summed E-state index contributed by atoms with van der Waals surface area (Å²) in [4.78, 5) is 14.3. The van der Waals surface area contributed by atoms with Crippen LogP contribution in [-0.2, 0) is 42.7 Å². The third-order valence-corrected chi connectivity index (χ3v) is 17.0. The van der Waals surface area contributed by atoms with Crippen LogP contribution in [0.5, 0.6) is 0 Å². The molecule has 378 valence electrons. The van der Waals surface area contributed by atoms with E-state index in [1.165, 1.54) is 6.92 Å². The Morgan fingerprint density at radius 3 is 1.74 bits per heavy atom. The Kier molecular flexibility index (Phi) is 14.5. The van der Waals surface area contributed by atoms with Crippen molar-refractivity contribution in [1.82, 2.24) is 0 Å². The minimum Gasteiger partial charge on any atom is -0.432 e. The molecule has 0 amide bonds. The molecule has 26 atom stereocenters. The summed E-state index contributed by atoms with van der Waals surface area (Å²) in [6, 6.07) is 0. The maximum absolute atomic E-state index is 14.3. The molecule has 8 aliphatic rings. The van der Waals surface area contributed by atoms with Gasteiger partial charge in [-0.1, -0.05) is 19.9 Å². The first-order valence-electron chi connectivity index (χ1n) is 23.2. The average Bonchev–Trinajstić information content (AvgIpc) is 3.48. The van der Waals surface area contributed by atoms with Crippen molar-refractivity contribution in [3.63, 3.8) is 0 Å². The monoisotopic (exact) mass is 950 g/mol. The van der Waals surface area contributed by atoms with Gasteiger partial charge in [0.25, 0.3) is 0 Å². The third kappa shape index (κ3) is 8.30. The minimum absolute atomic E-state index is 0.0493. The zero-order valence-electron chi connectivity index (χ0n) is 37.4. The number of esters is 1. The van der Waals surface area contributed by atoms with E-state index in [2.05, 4.69) is 13.5 Å². The molecule has 0 aromatic rings. The van der Waals surface area contributed by atoms with Gasteiger partial charge in [-0.3, -0.25) is 4.79 Å². The van der Waals surface area contributed by atoms with Gasteiger partial charge >= 0.3 is 5.97 Å². The van der Waals surface area contributed by atoms with Crippen LogP contribution in [0.4, 0.5) is 0 Å². The van der Waals surface area contributed by atoms with Crippen LogP contribution < -0.4 is 0 Å². The lowest BCUT2D eigenvalue weighted by Gasteiger charge is -2.64. The van der Waals surface area contributed by atoms with Crippen molar-refractivity contribution in [2.45, 2.75) is 207 Å². The number of rotatable bonds is 11. The molecule has 4 saturated carbocycles. The van der Waals surface area contributed by atoms with Gasteiger partial charge in [0, 0.05) is 0 Å². The molecule has 4 heterocycles. The van der Waals surface area contributed by atoms with Crippen molar-refractivity contribution in [1.29, 1.82) is 0 Å². The van der Waals surface area contributed by atoms with Gasteiger partial charge in [0.15, 0.2) is 18.9 Å². The van der Waals surface area contributed by atoms with Gasteiger partial charge in [-0.25, -0.2) is 0 Å². The summed E-state index contributed by atoms with van der Waals surface area (Å²) >= 11 is 0. The van der Waals surface area contributed by atoms with Gasteiger partial charge in [-0.15, -0.1) is 0 Å². The van der Waals surface area contributed by atoms with Crippen LogP contribution in [0.1, 0.15) is 78.6 Å². The molecule has 0 radical (unpaired) electrons. The summed E-state index contributed by atoms with van der Waals surface area (Å²) in [5.74, 6) is -0.750. The molecule has 0 aromatic heterocycles. The van der Waals surface area contributed by atoms with Crippen LogP contribution in [0, 0.1) is 28.1 Å². The highest BCUT2D eigenvalue weighted by molar-refractivity contribution is 5.77. The molecule has 2 bridgehead atoms. The number of hydrogen-bond donors (Lipinski definition) is 13. The highest BCUT2D eigenvalue weighted by Crippen LogP contribution is 2.73. The molecule has 4 aliphatic carbocycles. The van der Waals surface area contributed by atoms with E-state index in [0.717, 1.165) is 12.0 Å². The number of carbonyl (C=O) groups is 1. The standard InChI is InChI=1S/C44H70O22/c1-17-12-43-10-6-22-41(3,8-5-9-42(22,4)40(58)65-38-33(57)30(54)26(50)20(14-46)61-38)23(43)7-11-44(17,16-43)66-39-35(64-36-31(55)28(52)24(48)18(2)59-36)34(27(51)21(15-47)62-39)63-37-32(56)29(53)25(49)19(13-45)60-37/h18-39,45-57H,1,5-16H2,2-4H3/t18?,19?,20?,21?,22-,23+,24?,25?,26?,27?,28?,29?,30?,31?,32?,33?,34?,35?,36?,37?,38?,39?,41+,42+,43+,44-/m0/s1. The van der Waals surface area contributed by atoms with Crippen LogP contribution in [-0.4, -0.2) is 221 Å². The van der Waals surface area contributed by atoms with Crippen LogP contribution in [0.15, 0.2) is 12.2 Å². The number of fused-ring (bicyclic) bond motifs is 3. The zero-order valence-corrected chi connectivity index (χ0v) is 37.4. The molecular weight excluding hydrogens is 880 g/mol. The van der Waals surface area contributed by atoms with Gasteiger partial charge in [0.2, 0.25) is 6.29 Å². The largest absolute Gasteiger partial charge is 0.432 e. The lowest BCUT2D eigenvalue weighted by molar-refractivity contribution is -0.398. The Morgan fingerprint density at radius 2 is 1.12 bits per heavy atom. The summed E-state index contributed by atoms with van der Waals surface area (Å²) in [6.45, 7) is 7.77. The number of hydrogen-bond acceptors (Lipinski definition) is 22. The number of aliphatic hydroxyl groups excluding tert-OH is 13. The van der Waals surface area contributed by atoms with Crippen molar-refractivity contribution < 1.29 is 109 Å². The van der Waals surface area contributed by atoms with E-state index in [-0.39, 0.29) is 17.3 Å². The maximum Gasteiger partial charge on any atom is 0.314 e.